The van der Waals surface area contributed by atoms with E-state index in [0.717, 1.165) is 16.8 Å². The van der Waals surface area contributed by atoms with Crippen LogP contribution in [-0.2, 0) is 0 Å². The molecular formula is C10H11N3O. The van der Waals surface area contributed by atoms with Crippen LogP contribution >= 0.6 is 0 Å². The van der Waals surface area contributed by atoms with Gasteiger partial charge < -0.3 is 5.11 Å². The molecule has 0 bridgehead atoms. The molecule has 0 aliphatic rings. The Kier molecular flexibility index (Phi) is 2.28. The average molecular weight is 189 g/mol. The van der Waals surface area contributed by atoms with Crippen molar-refractivity contribution in [3.63, 3.8) is 0 Å². The summed E-state index contributed by atoms with van der Waals surface area (Å²) < 4.78 is 1.70. The van der Waals surface area contributed by atoms with Crippen molar-refractivity contribution in [3.8, 4) is 0 Å². The van der Waals surface area contributed by atoms with Crippen molar-refractivity contribution in [1.82, 2.24) is 14.8 Å². The van der Waals surface area contributed by atoms with Gasteiger partial charge >= 0.3 is 0 Å². The third-order valence-electron chi connectivity index (χ3n) is 1.98. The molecule has 0 aliphatic carbocycles. The largest absolute Gasteiger partial charge is 0.392 e. The van der Waals surface area contributed by atoms with E-state index in [1.54, 1.807) is 4.52 Å². The Morgan fingerprint density at radius 2 is 2.43 bits per heavy atom. The van der Waals surface area contributed by atoms with E-state index in [9.17, 15) is 0 Å². The SMILES string of the molecule is C/C(=C\c1nnn2ccccc12)CO. The van der Waals surface area contributed by atoms with E-state index >= 15 is 0 Å². The highest BCUT2D eigenvalue weighted by atomic mass is 16.3. The highest BCUT2D eigenvalue weighted by Gasteiger charge is 2.01. The van der Waals surface area contributed by atoms with Gasteiger partial charge in [-0.3, -0.25) is 0 Å². The predicted molar refractivity (Wildman–Crippen MR) is 53.7 cm³/mol. The van der Waals surface area contributed by atoms with Crippen LogP contribution in [0.25, 0.3) is 11.6 Å². The minimum Gasteiger partial charge on any atom is -0.392 e. The first kappa shape index (κ1) is 8.90. The Morgan fingerprint density at radius 1 is 1.57 bits per heavy atom. The van der Waals surface area contributed by atoms with E-state index in [-0.39, 0.29) is 6.61 Å². The summed E-state index contributed by atoms with van der Waals surface area (Å²) in [6, 6.07) is 5.77. The summed E-state index contributed by atoms with van der Waals surface area (Å²) in [4.78, 5) is 0. The molecule has 0 aliphatic heterocycles. The second-order valence-electron chi connectivity index (χ2n) is 3.15. The molecule has 0 spiro atoms. The van der Waals surface area contributed by atoms with Crippen LogP contribution in [0.15, 0.2) is 30.0 Å². The van der Waals surface area contributed by atoms with Crippen molar-refractivity contribution in [2.75, 3.05) is 6.61 Å². The van der Waals surface area contributed by atoms with Gasteiger partial charge in [-0.25, -0.2) is 4.52 Å². The Balaban J connectivity index is 2.53. The Hall–Kier alpha value is -1.68. The minimum atomic E-state index is 0.0475. The maximum absolute atomic E-state index is 8.88. The topological polar surface area (TPSA) is 50.4 Å². The maximum Gasteiger partial charge on any atom is 0.113 e. The van der Waals surface area contributed by atoms with Crippen molar-refractivity contribution in [1.29, 1.82) is 0 Å². The first-order valence-electron chi connectivity index (χ1n) is 4.39. The van der Waals surface area contributed by atoms with E-state index in [2.05, 4.69) is 10.3 Å². The highest BCUT2D eigenvalue weighted by molar-refractivity contribution is 5.66. The monoisotopic (exact) mass is 189 g/mol. The fraction of sp³-hybridized carbons (Fsp3) is 0.200. The number of fused-ring (bicyclic) bond motifs is 1. The number of nitrogens with zero attached hydrogens (tertiary/aromatic N) is 3. The lowest BCUT2D eigenvalue weighted by Gasteiger charge is -1.92. The van der Waals surface area contributed by atoms with Gasteiger partial charge in [0, 0.05) is 6.20 Å². The van der Waals surface area contributed by atoms with E-state index in [1.807, 2.05) is 37.4 Å². The van der Waals surface area contributed by atoms with Crippen LogP contribution in [0.2, 0.25) is 0 Å². The molecule has 1 N–H and O–H groups in total. The normalized spacial score (nSPS) is 12.3. The van der Waals surface area contributed by atoms with Gasteiger partial charge in [-0.2, -0.15) is 0 Å². The molecule has 0 radical (unpaired) electrons. The fourth-order valence-electron chi connectivity index (χ4n) is 1.24. The summed E-state index contributed by atoms with van der Waals surface area (Å²) in [7, 11) is 0. The number of rotatable bonds is 2. The zero-order chi connectivity index (χ0) is 9.97. The van der Waals surface area contributed by atoms with Crippen LogP contribution in [0.5, 0.6) is 0 Å². The molecule has 4 heteroatoms. The first-order valence-corrected chi connectivity index (χ1v) is 4.39. The number of hydrogen-bond acceptors (Lipinski definition) is 3. The number of hydrogen-bond donors (Lipinski definition) is 1. The molecule has 0 fully saturated rings. The van der Waals surface area contributed by atoms with E-state index in [1.165, 1.54) is 0 Å². The van der Waals surface area contributed by atoms with Crippen LogP contribution < -0.4 is 0 Å². The predicted octanol–water partition coefficient (Wildman–Crippen LogP) is 1.12. The third kappa shape index (κ3) is 1.52. The Bertz CT molecular complexity index is 473. The summed E-state index contributed by atoms with van der Waals surface area (Å²) in [5.41, 5.74) is 2.61. The molecule has 72 valence electrons. The van der Waals surface area contributed by atoms with Gasteiger partial charge in [-0.15, -0.1) is 5.10 Å². The maximum atomic E-state index is 8.88. The first-order chi connectivity index (χ1) is 6.81. The molecule has 2 aromatic rings. The van der Waals surface area contributed by atoms with Crippen LogP contribution in [0, 0.1) is 0 Å². The highest BCUT2D eigenvalue weighted by Crippen LogP contribution is 2.10. The van der Waals surface area contributed by atoms with Crippen molar-refractivity contribution >= 4 is 11.6 Å². The van der Waals surface area contributed by atoms with Crippen molar-refractivity contribution in [2.45, 2.75) is 6.92 Å². The molecule has 2 heterocycles. The molecule has 0 aromatic carbocycles. The molecule has 0 saturated carbocycles. The second-order valence-corrected chi connectivity index (χ2v) is 3.15. The van der Waals surface area contributed by atoms with Gasteiger partial charge in [0.1, 0.15) is 5.69 Å². The Morgan fingerprint density at radius 3 is 3.21 bits per heavy atom. The summed E-state index contributed by atoms with van der Waals surface area (Å²) in [6.45, 7) is 1.90. The van der Waals surface area contributed by atoms with Crippen LogP contribution in [-0.4, -0.2) is 26.5 Å². The van der Waals surface area contributed by atoms with E-state index < -0.39 is 0 Å². The summed E-state index contributed by atoms with van der Waals surface area (Å²) >= 11 is 0. The quantitative estimate of drug-likeness (QED) is 0.770. The van der Waals surface area contributed by atoms with Gasteiger partial charge in [0.05, 0.1) is 12.1 Å². The van der Waals surface area contributed by atoms with Crippen molar-refractivity contribution < 1.29 is 5.11 Å². The lowest BCUT2D eigenvalue weighted by atomic mass is 10.2. The summed E-state index contributed by atoms with van der Waals surface area (Å²) in [5.74, 6) is 0. The lowest BCUT2D eigenvalue weighted by Crippen LogP contribution is -1.85. The van der Waals surface area contributed by atoms with Gasteiger partial charge in [-0.05, 0) is 30.7 Å². The molecule has 0 amide bonds. The number of aliphatic hydroxyl groups excluding tert-OH is 1. The van der Waals surface area contributed by atoms with Gasteiger partial charge in [0.2, 0.25) is 0 Å². The van der Waals surface area contributed by atoms with Gasteiger partial charge in [0.15, 0.2) is 0 Å². The zero-order valence-corrected chi connectivity index (χ0v) is 7.88. The molecule has 2 rings (SSSR count). The lowest BCUT2D eigenvalue weighted by molar-refractivity contribution is 0.332. The average Bonchev–Trinajstić information content (AvgIpc) is 2.62. The molecule has 4 nitrogen and oxygen atoms in total. The molecule has 0 atom stereocenters. The smallest absolute Gasteiger partial charge is 0.113 e. The van der Waals surface area contributed by atoms with Crippen LogP contribution in [0.4, 0.5) is 0 Å². The minimum absolute atomic E-state index is 0.0475. The fourth-order valence-corrected chi connectivity index (χ4v) is 1.24. The molecule has 0 unspecified atom stereocenters. The van der Waals surface area contributed by atoms with Gasteiger partial charge in [0.25, 0.3) is 0 Å². The Labute approximate surface area is 81.5 Å². The zero-order valence-electron chi connectivity index (χ0n) is 7.88. The van der Waals surface area contributed by atoms with Crippen LogP contribution in [0.3, 0.4) is 0 Å². The number of aliphatic hydroxyl groups is 1. The standard InChI is InChI=1S/C10H11N3O/c1-8(7-14)6-9-10-4-2-3-5-13(10)12-11-9/h2-6,14H,7H2,1H3/b8-6+. The van der Waals surface area contributed by atoms with Crippen molar-refractivity contribution in [2.24, 2.45) is 0 Å². The number of pyridine rings is 1. The summed E-state index contributed by atoms with van der Waals surface area (Å²) in [5, 5.41) is 16.8. The van der Waals surface area contributed by atoms with E-state index in [0.29, 0.717) is 0 Å². The number of aromatic nitrogens is 3. The second kappa shape index (κ2) is 3.59. The van der Waals surface area contributed by atoms with Gasteiger partial charge in [-0.1, -0.05) is 11.3 Å². The molecule has 2 aromatic heterocycles. The summed E-state index contributed by atoms with van der Waals surface area (Å²) in [6.07, 6.45) is 3.68. The van der Waals surface area contributed by atoms with E-state index in [4.69, 9.17) is 5.11 Å². The third-order valence-corrected chi connectivity index (χ3v) is 1.98. The molecule has 14 heavy (non-hydrogen) atoms. The van der Waals surface area contributed by atoms with Crippen LogP contribution in [0.1, 0.15) is 12.6 Å². The molecule has 0 saturated heterocycles. The molecular weight excluding hydrogens is 178 g/mol. The van der Waals surface area contributed by atoms with Crippen molar-refractivity contribution in [3.05, 3.63) is 35.7 Å².